The van der Waals surface area contributed by atoms with E-state index < -0.39 is 28.5 Å². The lowest BCUT2D eigenvalue weighted by atomic mass is 9.72. The average Bonchev–Trinajstić information content (AvgIpc) is 2.39. The molecule has 0 N–H and O–H groups in total. The summed E-state index contributed by atoms with van der Waals surface area (Å²) in [4.78, 5) is 14.6. The van der Waals surface area contributed by atoms with Crippen molar-refractivity contribution in [2.45, 2.75) is 38.1 Å². The van der Waals surface area contributed by atoms with Gasteiger partial charge < -0.3 is 0 Å². The van der Waals surface area contributed by atoms with Crippen molar-refractivity contribution in [3.8, 4) is 0 Å². The Balaban J connectivity index is 2.43. The lowest BCUT2D eigenvalue weighted by molar-refractivity contribution is 0.0504. The molecular formula is C16H21F2NO. The Hall–Kier alpha value is -1.29. The molecule has 4 heteroatoms. The van der Waals surface area contributed by atoms with Gasteiger partial charge in [0.25, 0.3) is 0 Å². The fourth-order valence-corrected chi connectivity index (χ4v) is 3.06. The highest BCUT2D eigenvalue weighted by Crippen LogP contribution is 2.38. The number of hydrogen-bond acceptors (Lipinski definition) is 2. The number of carbonyl (C=O) groups is 1. The van der Waals surface area contributed by atoms with Crippen molar-refractivity contribution in [3.05, 3.63) is 35.4 Å². The van der Waals surface area contributed by atoms with Crippen LogP contribution in [0.2, 0.25) is 0 Å². The molecule has 110 valence electrons. The van der Waals surface area contributed by atoms with E-state index in [1.165, 1.54) is 6.07 Å². The number of nitrogens with zero attached hydrogens (tertiary/aromatic N) is 1. The Morgan fingerprint density at radius 3 is 2.15 bits per heavy atom. The highest BCUT2D eigenvalue weighted by atomic mass is 19.1. The third kappa shape index (κ3) is 2.49. The van der Waals surface area contributed by atoms with Gasteiger partial charge in [0.2, 0.25) is 0 Å². The van der Waals surface area contributed by atoms with Crippen LogP contribution in [0.4, 0.5) is 8.78 Å². The van der Waals surface area contributed by atoms with Crippen molar-refractivity contribution in [1.29, 1.82) is 0 Å². The molecule has 0 saturated heterocycles. The van der Waals surface area contributed by atoms with Crippen LogP contribution in [0.1, 0.15) is 43.0 Å². The molecular weight excluding hydrogens is 260 g/mol. The molecule has 1 aliphatic rings. The molecule has 0 aliphatic heterocycles. The molecule has 0 spiro atoms. The predicted octanol–water partition coefficient (Wildman–Crippen LogP) is 3.66. The van der Waals surface area contributed by atoms with Gasteiger partial charge in [0, 0.05) is 0 Å². The third-order valence-corrected chi connectivity index (χ3v) is 4.57. The van der Waals surface area contributed by atoms with Gasteiger partial charge in [-0.3, -0.25) is 9.69 Å². The third-order valence-electron chi connectivity index (χ3n) is 4.57. The summed E-state index contributed by atoms with van der Waals surface area (Å²) >= 11 is 0. The molecule has 0 amide bonds. The van der Waals surface area contributed by atoms with E-state index >= 15 is 0 Å². The van der Waals surface area contributed by atoms with Crippen molar-refractivity contribution in [2.75, 3.05) is 14.1 Å². The summed E-state index contributed by atoms with van der Waals surface area (Å²) in [6.07, 6.45) is 3.10. The normalized spacial score (nSPS) is 26.8. The van der Waals surface area contributed by atoms with E-state index in [0.29, 0.717) is 18.8 Å². The van der Waals surface area contributed by atoms with E-state index in [1.54, 1.807) is 0 Å². The first kappa shape index (κ1) is 15.1. The van der Waals surface area contributed by atoms with Crippen LogP contribution < -0.4 is 0 Å². The Morgan fingerprint density at radius 1 is 1.20 bits per heavy atom. The Bertz CT molecular complexity index is 485. The maximum Gasteiger partial charge on any atom is 0.188 e. The SMILES string of the molecule is CC1CCC(C(=O)c2c(F)cccc2F)(N(C)C)CC1. The molecule has 0 bridgehead atoms. The number of rotatable bonds is 3. The van der Waals surface area contributed by atoms with Crippen LogP contribution in [0.15, 0.2) is 18.2 Å². The number of hydrogen-bond donors (Lipinski definition) is 0. The fourth-order valence-electron chi connectivity index (χ4n) is 3.06. The predicted molar refractivity (Wildman–Crippen MR) is 74.7 cm³/mol. The summed E-state index contributed by atoms with van der Waals surface area (Å²) in [5.41, 5.74) is -1.18. The number of benzene rings is 1. The second-order valence-electron chi connectivity index (χ2n) is 6.03. The Labute approximate surface area is 118 Å². The maximum absolute atomic E-state index is 13.9. The van der Waals surface area contributed by atoms with Gasteiger partial charge in [0.15, 0.2) is 5.78 Å². The van der Waals surface area contributed by atoms with Gasteiger partial charge in [-0.05, 0) is 57.8 Å². The molecule has 2 nitrogen and oxygen atoms in total. The zero-order valence-corrected chi connectivity index (χ0v) is 12.2. The van der Waals surface area contributed by atoms with Crippen LogP contribution in [0, 0.1) is 17.6 Å². The van der Waals surface area contributed by atoms with E-state index in [1.807, 2.05) is 19.0 Å². The molecule has 1 aromatic carbocycles. The highest BCUT2D eigenvalue weighted by Gasteiger charge is 2.44. The van der Waals surface area contributed by atoms with Crippen LogP contribution in [0.3, 0.4) is 0 Å². The van der Waals surface area contributed by atoms with Crippen LogP contribution >= 0.6 is 0 Å². The number of Topliss-reactive ketones (excluding diaryl/α,β-unsaturated/α-hetero) is 1. The second-order valence-corrected chi connectivity index (χ2v) is 6.03. The van der Waals surface area contributed by atoms with Crippen LogP contribution in [-0.4, -0.2) is 30.3 Å². The fraction of sp³-hybridized carbons (Fsp3) is 0.562. The van der Waals surface area contributed by atoms with E-state index in [-0.39, 0.29) is 0 Å². The number of halogens is 2. The van der Waals surface area contributed by atoms with Gasteiger partial charge in [-0.1, -0.05) is 13.0 Å². The lowest BCUT2D eigenvalue weighted by Crippen LogP contribution is -2.53. The van der Waals surface area contributed by atoms with Gasteiger partial charge in [-0.15, -0.1) is 0 Å². The average molecular weight is 281 g/mol. The lowest BCUT2D eigenvalue weighted by Gasteiger charge is -2.43. The smallest absolute Gasteiger partial charge is 0.188 e. The largest absolute Gasteiger partial charge is 0.297 e. The molecule has 2 rings (SSSR count). The summed E-state index contributed by atoms with van der Waals surface area (Å²) in [6, 6.07) is 3.57. The van der Waals surface area contributed by atoms with Gasteiger partial charge in [-0.25, -0.2) is 8.78 Å². The molecule has 1 aliphatic carbocycles. The number of ketones is 1. The zero-order valence-electron chi connectivity index (χ0n) is 12.2. The molecule has 20 heavy (non-hydrogen) atoms. The minimum atomic E-state index is -0.782. The van der Waals surface area contributed by atoms with Crippen LogP contribution in [0.25, 0.3) is 0 Å². The standard InChI is InChI=1S/C16H21F2NO/c1-11-7-9-16(10-8-11,19(2)3)15(20)14-12(17)5-4-6-13(14)18/h4-6,11H,7-10H2,1-3H3. The van der Waals surface area contributed by atoms with Crippen molar-refractivity contribution < 1.29 is 13.6 Å². The molecule has 0 heterocycles. The molecule has 1 aromatic rings. The highest BCUT2D eigenvalue weighted by molar-refractivity contribution is 6.03. The minimum Gasteiger partial charge on any atom is -0.297 e. The Kier molecular flexibility index (Phi) is 4.23. The number of carbonyl (C=O) groups excluding carboxylic acids is 1. The second kappa shape index (κ2) is 5.60. The monoisotopic (exact) mass is 281 g/mol. The topological polar surface area (TPSA) is 20.3 Å². The molecule has 0 atom stereocenters. The first-order chi connectivity index (χ1) is 9.38. The van der Waals surface area contributed by atoms with Gasteiger partial charge >= 0.3 is 0 Å². The van der Waals surface area contributed by atoms with E-state index in [2.05, 4.69) is 6.92 Å². The summed E-state index contributed by atoms with van der Waals surface area (Å²) in [7, 11) is 3.62. The van der Waals surface area contributed by atoms with Gasteiger partial charge in [0.05, 0.1) is 11.1 Å². The maximum atomic E-state index is 13.9. The quantitative estimate of drug-likeness (QED) is 0.788. The molecule has 0 unspecified atom stereocenters. The molecule has 1 fully saturated rings. The van der Waals surface area contributed by atoms with Crippen LogP contribution in [-0.2, 0) is 0 Å². The minimum absolute atomic E-state index is 0.393. The van der Waals surface area contributed by atoms with E-state index in [0.717, 1.165) is 25.0 Å². The van der Waals surface area contributed by atoms with E-state index in [4.69, 9.17) is 0 Å². The first-order valence-corrected chi connectivity index (χ1v) is 7.05. The summed E-state index contributed by atoms with van der Waals surface area (Å²) in [5.74, 6) is -1.41. The van der Waals surface area contributed by atoms with Crippen molar-refractivity contribution in [3.63, 3.8) is 0 Å². The van der Waals surface area contributed by atoms with E-state index in [9.17, 15) is 13.6 Å². The van der Waals surface area contributed by atoms with Crippen molar-refractivity contribution in [1.82, 2.24) is 4.90 Å². The van der Waals surface area contributed by atoms with Gasteiger partial charge in [0.1, 0.15) is 11.6 Å². The van der Waals surface area contributed by atoms with Gasteiger partial charge in [-0.2, -0.15) is 0 Å². The zero-order chi connectivity index (χ0) is 14.9. The summed E-state index contributed by atoms with van der Waals surface area (Å²) in [6.45, 7) is 2.15. The first-order valence-electron chi connectivity index (χ1n) is 7.05. The van der Waals surface area contributed by atoms with Crippen molar-refractivity contribution in [2.24, 2.45) is 5.92 Å². The summed E-state index contributed by atoms with van der Waals surface area (Å²) < 4.78 is 27.8. The Morgan fingerprint density at radius 2 is 1.70 bits per heavy atom. The molecule has 0 radical (unpaired) electrons. The number of likely N-dealkylation sites (N-methyl/N-ethyl adjacent to an activating group) is 1. The molecule has 1 saturated carbocycles. The van der Waals surface area contributed by atoms with Crippen molar-refractivity contribution >= 4 is 5.78 Å². The van der Waals surface area contributed by atoms with Crippen LogP contribution in [0.5, 0.6) is 0 Å². The molecule has 0 aromatic heterocycles. The summed E-state index contributed by atoms with van der Waals surface area (Å²) in [5, 5.41) is 0.